The van der Waals surface area contributed by atoms with Crippen LogP contribution >= 0.6 is 23.2 Å². The summed E-state index contributed by atoms with van der Waals surface area (Å²) in [6, 6.07) is 7.12. The van der Waals surface area contributed by atoms with Crippen molar-refractivity contribution in [2.45, 2.75) is 65.0 Å². The van der Waals surface area contributed by atoms with Gasteiger partial charge in [0.25, 0.3) is 0 Å². The van der Waals surface area contributed by atoms with Crippen molar-refractivity contribution in [3.8, 4) is 17.0 Å². The summed E-state index contributed by atoms with van der Waals surface area (Å²) >= 11 is 12.3. The number of carbonyl (C=O) groups is 2. The Balaban J connectivity index is 1.24. The number of nitrogens with zero attached hydrogens (tertiary/aromatic N) is 4. The number of hydrogen-bond donors (Lipinski definition) is 2. The van der Waals surface area contributed by atoms with Gasteiger partial charge in [-0.05, 0) is 83.6 Å². The summed E-state index contributed by atoms with van der Waals surface area (Å²) in [5.41, 5.74) is 3.25. The Morgan fingerprint density at radius 3 is 2.30 bits per heavy atom. The smallest absolute Gasteiger partial charge is 0.410 e. The highest BCUT2D eigenvalue weighted by Crippen LogP contribution is 2.37. The predicted octanol–water partition coefficient (Wildman–Crippen LogP) is 7.04. The van der Waals surface area contributed by atoms with Crippen LogP contribution in [-0.4, -0.2) is 81.1 Å². The van der Waals surface area contributed by atoms with E-state index >= 15 is 0 Å². The maximum Gasteiger partial charge on any atom is 0.410 e. The molecule has 2 N–H and O–H groups in total. The lowest BCUT2D eigenvalue weighted by molar-refractivity contribution is 0.0128. The minimum Gasteiger partial charge on any atom is -0.505 e. The first-order valence-corrected chi connectivity index (χ1v) is 15.6. The number of benzene rings is 1. The van der Waals surface area contributed by atoms with Crippen molar-refractivity contribution < 1.29 is 19.4 Å². The lowest BCUT2D eigenvalue weighted by Gasteiger charge is -2.38. The number of halogens is 2. The SMILES string of the molecule is CC(=O)c1cnc2ccc(-c3cc(Cl)c(O)c(Cl)c3)nc2c1N[C@H]1CC[C@H](CN2CCN(C(=O)OC(C)(C)C)CC2)CC1. The number of ether oxygens (including phenoxy) is 1. The van der Waals surface area contributed by atoms with Crippen LogP contribution < -0.4 is 5.32 Å². The number of nitrogens with one attached hydrogen (secondary N) is 1. The maximum atomic E-state index is 12.6. The number of fused-ring (bicyclic) bond motifs is 1. The number of piperazine rings is 1. The number of carbonyl (C=O) groups excluding carboxylic acids is 2. The fourth-order valence-electron chi connectivity index (χ4n) is 5.85. The van der Waals surface area contributed by atoms with Gasteiger partial charge in [0.05, 0.1) is 32.5 Å². The number of hydrogen-bond acceptors (Lipinski definition) is 8. The first-order valence-electron chi connectivity index (χ1n) is 14.8. The Labute approximate surface area is 262 Å². The van der Waals surface area contributed by atoms with Crippen molar-refractivity contribution >= 4 is 51.8 Å². The molecule has 43 heavy (non-hydrogen) atoms. The molecule has 11 heteroatoms. The van der Waals surface area contributed by atoms with E-state index in [1.54, 1.807) is 23.2 Å². The minimum atomic E-state index is -0.484. The molecule has 1 saturated heterocycles. The van der Waals surface area contributed by atoms with Crippen molar-refractivity contribution in [2.75, 3.05) is 38.0 Å². The highest BCUT2D eigenvalue weighted by Gasteiger charge is 2.29. The van der Waals surface area contributed by atoms with E-state index in [0.29, 0.717) is 52.5 Å². The normalized spacial score (nSPS) is 19.8. The molecule has 1 aliphatic heterocycles. The Kier molecular flexibility index (Phi) is 9.34. The number of pyridine rings is 2. The number of anilines is 1. The molecule has 2 aliphatic rings. The summed E-state index contributed by atoms with van der Waals surface area (Å²) in [6.45, 7) is 11.3. The molecule has 3 aromatic rings. The van der Waals surface area contributed by atoms with E-state index in [9.17, 15) is 14.7 Å². The number of Topliss-reactive ketones (excluding diaryl/α,β-unsaturated/α-hetero) is 1. The molecule has 1 aromatic carbocycles. The summed E-state index contributed by atoms with van der Waals surface area (Å²) in [5.74, 6) is 0.328. The summed E-state index contributed by atoms with van der Waals surface area (Å²) in [4.78, 5) is 38.7. The van der Waals surface area contributed by atoms with E-state index < -0.39 is 5.60 Å². The molecule has 0 bridgehead atoms. The van der Waals surface area contributed by atoms with E-state index in [-0.39, 0.29) is 33.7 Å². The minimum absolute atomic E-state index is 0.0842. The Morgan fingerprint density at radius 1 is 1.05 bits per heavy atom. The zero-order valence-corrected chi connectivity index (χ0v) is 26.6. The molecule has 1 aliphatic carbocycles. The molecule has 0 spiro atoms. The van der Waals surface area contributed by atoms with Crippen LogP contribution in [0.4, 0.5) is 10.5 Å². The summed E-state index contributed by atoms with van der Waals surface area (Å²) in [7, 11) is 0. The number of ketones is 1. The zero-order valence-electron chi connectivity index (χ0n) is 25.1. The third-order valence-corrected chi connectivity index (χ3v) is 8.72. The van der Waals surface area contributed by atoms with Gasteiger partial charge in [0.1, 0.15) is 11.1 Å². The Morgan fingerprint density at radius 2 is 1.70 bits per heavy atom. The van der Waals surface area contributed by atoms with Crippen LogP contribution in [0.15, 0.2) is 30.5 Å². The average molecular weight is 629 g/mol. The number of phenols is 1. The zero-order chi connectivity index (χ0) is 30.9. The molecule has 230 valence electrons. The first kappa shape index (κ1) is 31.3. The van der Waals surface area contributed by atoms with Crippen molar-refractivity contribution in [3.63, 3.8) is 0 Å². The molecule has 2 fully saturated rings. The van der Waals surface area contributed by atoms with Crippen molar-refractivity contribution in [2.24, 2.45) is 5.92 Å². The van der Waals surface area contributed by atoms with E-state index in [0.717, 1.165) is 45.3 Å². The Bertz CT molecular complexity index is 1490. The van der Waals surface area contributed by atoms with Gasteiger partial charge >= 0.3 is 6.09 Å². The standard InChI is InChI=1S/C32H39Cl2N5O4/c1-19(40)23-17-35-27-10-9-26(21-15-24(33)30(41)25(34)16-21)37-29(27)28(23)36-22-7-5-20(6-8-22)18-38-11-13-39(14-12-38)31(42)43-32(2,3)4/h9-10,15-17,20,22,41H,5-8,11-14,18H2,1-4H3,(H,35,36)/t20-,22-. The summed E-state index contributed by atoms with van der Waals surface area (Å²) in [6.07, 6.45) is 5.49. The lowest BCUT2D eigenvalue weighted by Crippen LogP contribution is -2.51. The van der Waals surface area contributed by atoms with Gasteiger partial charge in [-0.15, -0.1) is 0 Å². The fourth-order valence-corrected chi connectivity index (χ4v) is 6.34. The molecular weight excluding hydrogens is 589 g/mol. The predicted molar refractivity (Wildman–Crippen MR) is 170 cm³/mol. The largest absolute Gasteiger partial charge is 0.505 e. The van der Waals surface area contributed by atoms with E-state index in [2.05, 4.69) is 15.2 Å². The molecule has 0 radical (unpaired) electrons. The average Bonchev–Trinajstić information content (AvgIpc) is 2.96. The second-order valence-electron chi connectivity index (χ2n) is 12.6. The number of aromatic hydroxyl groups is 1. The van der Waals surface area contributed by atoms with Crippen LogP contribution in [0, 0.1) is 5.92 Å². The van der Waals surface area contributed by atoms with Crippen molar-refractivity contribution in [3.05, 3.63) is 46.1 Å². The van der Waals surface area contributed by atoms with Gasteiger partial charge in [0.2, 0.25) is 0 Å². The number of rotatable bonds is 6. The highest BCUT2D eigenvalue weighted by atomic mass is 35.5. The van der Waals surface area contributed by atoms with Crippen LogP contribution in [0.25, 0.3) is 22.3 Å². The highest BCUT2D eigenvalue weighted by molar-refractivity contribution is 6.37. The summed E-state index contributed by atoms with van der Waals surface area (Å²) < 4.78 is 5.53. The lowest BCUT2D eigenvalue weighted by atomic mass is 9.85. The van der Waals surface area contributed by atoms with E-state index in [1.165, 1.54) is 6.92 Å². The van der Waals surface area contributed by atoms with Gasteiger partial charge in [0, 0.05) is 50.5 Å². The number of phenolic OH excluding ortho intramolecular Hbond substituents is 1. The molecule has 1 amide bonds. The first-order chi connectivity index (χ1) is 20.4. The van der Waals surface area contributed by atoms with Gasteiger partial charge in [-0.2, -0.15) is 0 Å². The number of aromatic nitrogens is 2. The second kappa shape index (κ2) is 12.8. The fraction of sp³-hybridized carbons (Fsp3) is 0.500. The van der Waals surface area contributed by atoms with Gasteiger partial charge in [-0.25, -0.2) is 9.78 Å². The van der Waals surface area contributed by atoms with Crippen LogP contribution in [0.3, 0.4) is 0 Å². The third-order valence-electron chi connectivity index (χ3n) is 8.14. The molecule has 9 nitrogen and oxygen atoms in total. The van der Waals surface area contributed by atoms with Crippen LogP contribution in [-0.2, 0) is 4.74 Å². The second-order valence-corrected chi connectivity index (χ2v) is 13.4. The molecule has 5 rings (SSSR count). The quantitative estimate of drug-likeness (QED) is 0.280. The molecule has 0 unspecified atom stereocenters. The van der Waals surface area contributed by atoms with Crippen molar-refractivity contribution in [1.29, 1.82) is 0 Å². The van der Waals surface area contributed by atoms with Gasteiger partial charge < -0.3 is 20.1 Å². The molecular formula is C32H39Cl2N5O4. The maximum absolute atomic E-state index is 12.6. The van der Waals surface area contributed by atoms with Gasteiger partial charge in [0.15, 0.2) is 11.5 Å². The molecule has 2 aromatic heterocycles. The van der Waals surface area contributed by atoms with Gasteiger partial charge in [-0.1, -0.05) is 23.2 Å². The topological polar surface area (TPSA) is 108 Å². The molecule has 3 heterocycles. The number of amides is 1. The molecule has 0 atom stereocenters. The third kappa shape index (κ3) is 7.51. The summed E-state index contributed by atoms with van der Waals surface area (Å²) in [5, 5.41) is 13.9. The molecule has 1 saturated carbocycles. The van der Waals surface area contributed by atoms with Crippen LogP contribution in [0.5, 0.6) is 5.75 Å². The van der Waals surface area contributed by atoms with E-state index in [4.69, 9.17) is 32.9 Å². The van der Waals surface area contributed by atoms with Crippen LogP contribution in [0.1, 0.15) is 63.7 Å². The monoisotopic (exact) mass is 627 g/mol. The van der Waals surface area contributed by atoms with Gasteiger partial charge in [-0.3, -0.25) is 14.7 Å². The van der Waals surface area contributed by atoms with Crippen molar-refractivity contribution in [1.82, 2.24) is 19.8 Å². The van der Waals surface area contributed by atoms with Crippen LogP contribution in [0.2, 0.25) is 10.0 Å². The van der Waals surface area contributed by atoms with E-state index in [1.807, 2.05) is 32.9 Å². The Hall–Kier alpha value is -3.14.